The van der Waals surface area contributed by atoms with Crippen molar-refractivity contribution in [2.45, 2.75) is 33.4 Å². The predicted molar refractivity (Wildman–Crippen MR) is 72.2 cm³/mol. The van der Waals surface area contributed by atoms with E-state index in [0.717, 1.165) is 16.6 Å². The van der Waals surface area contributed by atoms with E-state index in [4.69, 9.17) is 5.11 Å². The molecule has 0 spiro atoms. The Balaban J connectivity index is 2.70. The molecular formula is C13H18BrNO2. The molecule has 0 aliphatic rings. The second-order valence-electron chi connectivity index (χ2n) is 4.52. The zero-order valence-electron chi connectivity index (χ0n) is 10.3. The molecular weight excluding hydrogens is 282 g/mol. The summed E-state index contributed by atoms with van der Waals surface area (Å²) in [5, 5.41) is 12.3. The second kappa shape index (κ2) is 6.17. The maximum Gasteiger partial charge on any atom is 0.335 e. The van der Waals surface area contributed by atoms with Gasteiger partial charge < -0.3 is 10.4 Å². The minimum atomic E-state index is -0.902. The number of carboxylic acids is 1. The lowest BCUT2D eigenvalue weighted by atomic mass is 10.1. The third kappa shape index (κ3) is 4.13. The molecule has 0 aliphatic carbocycles. The number of aromatic carboxylic acids is 1. The van der Waals surface area contributed by atoms with E-state index < -0.39 is 5.97 Å². The molecule has 1 aromatic carbocycles. The van der Waals surface area contributed by atoms with Gasteiger partial charge in [-0.3, -0.25) is 0 Å². The molecule has 1 aromatic rings. The van der Waals surface area contributed by atoms with Gasteiger partial charge in [0.25, 0.3) is 0 Å². The van der Waals surface area contributed by atoms with Crippen molar-refractivity contribution in [2.75, 3.05) is 0 Å². The fraction of sp³-hybridized carbons (Fsp3) is 0.462. The van der Waals surface area contributed by atoms with E-state index in [2.05, 4.69) is 42.0 Å². The molecule has 1 rings (SSSR count). The molecule has 0 aromatic heterocycles. The Labute approximate surface area is 110 Å². The zero-order valence-corrected chi connectivity index (χ0v) is 11.9. The third-order valence-corrected chi connectivity index (χ3v) is 3.65. The molecule has 0 radical (unpaired) electrons. The van der Waals surface area contributed by atoms with Crippen molar-refractivity contribution in [3.05, 3.63) is 33.8 Å². The lowest BCUT2D eigenvalue weighted by molar-refractivity contribution is 0.0697. The Morgan fingerprint density at radius 1 is 1.41 bits per heavy atom. The molecule has 94 valence electrons. The van der Waals surface area contributed by atoms with Gasteiger partial charge in [0.2, 0.25) is 0 Å². The molecule has 2 N–H and O–H groups in total. The first-order chi connectivity index (χ1) is 7.91. The summed E-state index contributed by atoms with van der Waals surface area (Å²) in [7, 11) is 0. The number of nitrogens with one attached hydrogen (secondary N) is 1. The van der Waals surface area contributed by atoms with Gasteiger partial charge in [0.05, 0.1) is 5.56 Å². The van der Waals surface area contributed by atoms with Crippen molar-refractivity contribution in [3.63, 3.8) is 0 Å². The van der Waals surface area contributed by atoms with Gasteiger partial charge in [0.15, 0.2) is 0 Å². The average Bonchev–Trinajstić information content (AvgIpc) is 2.26. The van der Waals surface area contributed by atoms with Crippen LogP contribution in [0.25, 0.3) is 0 Å². The van der Waals surface area contributed by atoms with Gasteiger partial charge in [-0.15, -0.1) is 0 Å². The van der Waals surface area contributed by atoms with Crippen molar-refractivity contribution >= 4 is 21.9 Å². The van der Waals surface area contributed by atoms with Gasteiger partial charge in [0.1, 0.15) is 0 Å². The van der Waals surface area contributed by atoms with Crippen LogP contribution < -0.4 is 5.32 Å². The van der Waals surface area contributed by atoms with Crippen LogP contribution in [0.4, 0.5) is 0 Å². The van der Waals surface area contributed by atoms with Crippen LogP contribution in [0, 0.1) is 5.92 Å². The van der Waals surface area contributed by atoms with Crippen molar-refractivity contribution in [2.24, 2.45) is 5.92 Å². The second-order valence-corrected chi connectivity index (χ2v) is 5.38. The first-order valence-corrected chi connectivity index (χ1v) is 6.46. The molecule has 0 heterocycles. The van der Waals surface area contributed by atoms with Crippen LogP contribution in [-0.4, -0.2) is 17.1 Å². The summed E-state index contributed by atoms with van der Waals surface area (Å²) in [6.45, 7) is 7.21. The van der Waals surface area contributed by atoms with E-state index in [1.165, 1.54) is 0 Å². The number of halogens is 1. The molecule has 4 heteroatoms. The lowest BCUT2D eigenvalue weighted by Gasteiger charge is -2.18. The maximum absolute atomic E-state index is 10.8. The molecule has 0 fully saturated rings. The molecule has 17 heavy (non-hydrogen) atoms. The molecule has 1 atom stereocenters. The van der Waals surface area contributed by atoms with Gasteiger partial charge in [0, 0.05) is 17.1 Å². The summed E-state index contributed by atoms with van der Waals surface area (Å²) >= 11 is 3.40. The minimum Gasteiger partial charge on any atom is -0.478 e. The summed E-state index contributed by atoms with van der Waals surface area (Å²) in [5.41, 5.74) is 1.38. The highest BCUT2D eigenvalue weighted by molar-refractivity contribution is 9.10. The van der Waals surface area contributed by atoms with Crippen LogP contribution in [0.5, 0.6) is 0 Å². The Kier molecular flexibility index (Phi) is 5.15. The van der Waals surface area contributed by atoms with Crippen molar-refractivity contribution in [1.82, 2.24) is 5.32 Å². The van der Waals surface area contributed by atoms with Crippen molar-refractivity contribution < 1.29 is 9.90 Å². The SMILES string of the molecule is CC(C)C(C)NCc1ccc(C(=O)O)cc1Br. The molecule has 3 nitrogen and oxygen atoms in total. The fourth-order valence-electron chi connectivity index (χ4n) is 1.33. The highest BCUT2D eigenvalue weighted by Crippen LogP contribution is 2.19. The Morgan fingerprint density at radius 3 is 2.53 bits per heavy atom. The average molecular weight is 300 g/mol. The normalized spacial score (nSPS) is 12.8. The predicted octanol–water partition coefficient (Wildman–Crippen LogP) is 3.28. The largest absolute Gasteiger partial charge is 0.478 e. The monoisotopic (exact) mass is 299 g/mol. The van der Waals surface area contributed by atoms with Crippen LogP contribution in [0.2, 0.25) is 0 Å². The summed E-state index contributed by atoms with van der Waals surface area (Å²) in [6.07, 6.45) is 0. The van der Waals surface area contributed by atoms with Crippen LogP contribution >= 0.6 is 15.9 Å². The van der Waals surface area contributed by atoms with E-state index in [1.54, 1.807) is 12.1 Å². The summed E-state index contributed by atoms with van der Waals surface area (Å²) in [6, 6.07) is 5.54. The highest BCUT2D eigenvalue weighted by atomic mass is 79.9. The zero-order chi connectivity index (χ0) is 13.0. The van der Waals surface area contributed by atoms with E-state index >= 15 is 0 Å². The quantitative estimate of drug-likeness (QED) is 0.877. The molecule has 0 saturated heterocycles. The van der Waals surface area contributed by atoms with Gasteiger partial charge in [-0.05, 0) is 30.5 Å². The molecule has 0 bridgehead atoms. The van der Waals surface area contributed by atoms with Gasteiger partial charge in [-0.25, -0.2) is 4.79 Å². The number of benzene rings is 1. The molecule has 0 aliphatic heterocycles. The van der Waals surface area contributed by atoms with E-state index in [9.17, 15) is 4.79 Å². The van der Waals surface area contributed by atoms with Crippen molar-refractivity contribution in [3.8, 4) is 0 Å². The lowest BCUT2D eigenvalue weighted by Crippen LogP contribution is -2.30. The Hall–Kier alpha value is -0.870. The summed E-state index contributed by atoms with van der Waals surface area (Å²) in [4.78, 5) is 10.8. The fourth-order valence-corrected chi connectivity index (χ4v) is 1.85. The van der Waals surface area contributed by atoms with Crippen LogP contribution in [0.15, 0.2) is 22.7 Å². The first kappa shape index (κ1) is 14.2. The number of carboxylic acid groups (broad SMARTS) is 1. The molecule has 0 amide bonds. The molecule has 0 saturated carbocycles. The maximum atomic E-state index is 10.8. The van der Waals surface area contributed by atoms with Crippen LogP contribution in [-0.2, 0) is 6.54 Å². The third-order valence-electron chi connectivity index (χ3n) is 2.91. The first-order valence-electron chi connectivity index (χ1n) is 5.67. The summed E-state index contributed by atoms with van der Waals surface area (Å²) < 4.78 is 0.834. The van der Waals surface area contributed by atoms with Crippen LogP contribution in [0.1, 0.15) is 36.7 Å². The number of carbonyl (C=O) groups is 1. The van der Waals surface area contributed by atoms with Crippen LogP contribution in [0.3, 0.4) is 0 Å². The van der Waals surface area contributed by atoms with E-state index in [0.29, 0.717) is 17.5 Å². The topological polar surface area (TPSA) is 49.3 Å². The van der Waals surface area contributed by atoms with Gasteiger partial charge in [-0.2, -0.15) is 0 Å². The Bertz CT molecular complexity index is 404. The number of rotatable bonds is 5. The highest BCUT2D eigenvalue weighted by Gasteiger charge is 2.09. The standard InChI is InChI=1S/C13H18BrNO2/c1-8(2)9(3)15-7-11-5-4-10(13(16)17)6-12(11)14/h4-6,8-9,15H,7H2,1-3H3,(H,16,17). The number of hydrogen-bond donors (Lipinski definition) is 2. The smallest absolute Gasteiger partial charge is 0.335 e. The van der Waals surface area contributed by atoms with E-state index in [-0.39, 0.29) is 0 Å². The van der Waals surface area contributed by atoms with Gasteiger partial charge >= 0.3 is 5.97 Å². The molecule has 1 unspecified atom stereocenters. The Morgan fingerprint density at radius 2 is 2.06 bits per heavy atom. The number of hydrogen-bond acceptors (Lipinski definition) is 2. The van der Waals surface area contributed by atoms with E-state index in [1.807, 2.05) is 6.07 Å². The minimum absolute atomic E-state index is 0.303. The van der Waals surface area contributed by atoms with Gasteiger partial charge in [-0.1, -0.05) is 35.8 Å². The van der Waals surface area contributed by atoms with Crippen molar-refractivity contribution in [1.29, 1.82) is 0 Å². The summed E-state index contributed by atoms with van der Waals surface area (Å²) in [5.74, 6) is -0.326.